The summed E-state index contributed by atoms with van der Waals surface area (Å²) in [6.45, 7) is 2.81. The fourth-order valence-corrected chi connectivity index (χ4v) is 4.88. The van der Waals surface area contributed by atoms with Gasteiger partial charge in [0.1, 0.15) is 5.75 Å². The molecule has 2 N–H and O–H groups in total. The van der Waals surface area contributed by atoms with Gasteiger partial charge in [-0.05, 0) is 37.3 Å². The lowest BCUT2D eigenvalue weighted by Crippen LogP contribution is -2.13. The van der Waals surface area contributed by atoms with Crippen LogP contribution in [0.25, 0.3) is 16.2 Å². The lowest BCUT2D eigenvalue weighted by Gasteiger charge is -2.18. The smallest absolute Gasteiger partial charge is 0.194 e. The first kappa shape index (κ1) is 14.7. The average molecular weight is 327 g/mol. The number of methoxy groups -OCH3 is 1. The molecule has 1 aliphatic carbocycles. The minimum Gasteiger partial charge on any atom is -0.496 e. The van der Waals surface area contributed by atoms with Crippen molar-refractivity contribution in [2.24, 2.45) is 11.7 Å². The van der Waals surface area contributed by atoms with E-state index in [-0.39, 0.29) is 0 Å². The maximum absolute atomic E-state index is 6.11. The van der Waals surface area contributed by atoms with Gasteiger partial charge >= 0.3 is 0 Å². The van der Waals surface area contributed by atoms with Crippen LogP contribution < -0.4 is 10.5 Å². The van der Waals surface area contributed by atoms with Gasteiger partial charge in [-0.25, -0.2) is 4.98 Å². The van der Waals surface area contributed by atoms with Crippen molar-refractivity contribution in [2.45, 2.75) is 32.7 Å². The molecule has 1 aliphatic rings. The topological polar surface area (TPSA) is 52.5 Å². The maximum Gasteiger partial charge on any atom is 0.194 e. The SMILES string of the molecule is COc1ccccc1-c1nc2sc3c(n2c1CN)CCC(C)C3. The van der Waals surface area contributed by atoms with Crippen LogP contribution in [-0.2, 0) is 19.4 Å². The van der Waals surface area contributed by atoms with Gasteiger partial charge < -0.3 is 10.5 Å². The van der Waals surface area contributed by atoms with Crippen LogP contribution in [0.3, 0.4) is 0 Å². The molecule has 0 saturated heterocycles. The average Bonchev–Trinajstić information content (AvgIpc) is 3.09. The van der Waals surface area contributed by atoms with Crippen molar-refractivity contribution in [3.05, 3.63) is 40.5 Å². The molecule has 0 fully saturated rings. The zero-order valence-corrected chi connectivity index (χ0v) is 14.3. The summed E-state index contributed by atoms with van der Waals surface area (Å²) in [7, 11) is 1.70. The van der Waals surface area contributed by atoms with Gasteiger partial charge in [-0.1, -0.05) is 19.1 Å². The van der Waals surface area contributed by atoms with Crippen molar-refractivity contribution in [2.75, 3.05) is 7.11 Å². The Bertz CT molecular complexity index is 865. The Hall–Kier alpha value is -1.85. The molecule has 4 nitrogen and oxygen atoms in total. The standard InChI is InChI=1S/C18H21N3OS/c1-11-7-8-13-16(9-11)23-18-20-17(14(10-19)21(13)18)12-5-3-4-6-15(12)22-2/h3-6,11H,7-10,19H2,1-2H3. The van der Waals surface area contributed by atoms with E-state index >= 15 is 0 Å². The Morgan fingerprint density at radius 2 is 2.22 bits per heavy atom. The summed E-state index contributed by atoms with van der Waals surface area (Å²) in [5.41, 5.74) is 10.6. The minimum atomic E-state index is 0.479. The van der Waals surface area contributed by atoms with E-state index < -0.39 is 0 Å². The quantitative estimate of drug-likeness (QED) is 0.799. The minimum absolute atomic E-state index is 0.479. The van der Waals surface area contributed by atoms with E-state index in [1.165, 1.54) is 17.0 Å². The highest BCUT2D eigenvalue weighted by molar-refractivity contribution is 7.17. The highest BCUT2D eigenvalue weighted by Crippen LogP contribution is 2.38. The van der Waals surface area contributed by atoms with Crippen LogP contribution in [-0.4, -0.2) is 16.5 Å². The predicted molar refractivity (Wildman–Crippen MR) is 94.1 cm³/mol. The molecule has 5 heteroatoms. The van der Waals surface area contributed by atoms with Gasteiger partial charge in [-0.3, -0.25) is 4.40 Å². The molecule has 1 aromatic carbocycles. The van der Waals surface area contributed by atoms with Crippen molar-refractivity contribution < 1.29 is 4.74 Å². The van der Waals surface area contributed by atoms with Gasteiger partial charge in [-0.15, -0.1) is 11.3 Å². The van der Waals surface area contributed by atoms with E-state index in [0.717, 1.165) is 46.4 Å². The summed E-state index contributed by atoms with van der Waals surface area (Å²) in [6, 6.07) is 8.02. The van der Waals surface area contributed by atoms with Crippen molar-refractivity contribution in [3.63, 3.8) is 0 Å². The first-order chi connectivity index (χ1) is 11.2. The van der Waals surface area contributed by atoms with Crippen molar-refractivity contribution in [1.82, 2.24) is 9.38 Å². The highest BCUT2D eigenvalue weighted by atomic mass is 32.1. The number of aromatic nitrogens is 2. The number of nitrogens with two attached hydrogens (primary N) is 1. The molecule has 2 heterocycles. The number of para-hydroxylation sites is 1. The molecule has 120 valence electrons. The summed E-state index contributed by atoms with van der Waals surface area (Å²) in [5, 5.41) is 0. The maximum atomic E-state index is 6.11. The van der Waals surface area contributed by atoms with E-state index in [0.29, 0.717) is 6.54 Å². The first-order valence-corrected chi connectivity index (χ1v) is 8.90. The second-order valence-electron chi connectivity index (χ2n) is 6.25. The van der Waals surface area contributed by atoms with E-state index in [2.05, 4.69) is 17.4 Å². The Kier molecular flexibility index (Phi) is 3.62. The molecule has 3 aromatic rings. The van der Waals surface area contributed by atoms with Gasteiger partial charge in [0.25, 0.3) is 0 Å². The third-order valence-electron chi connectivity index (χ3n) is 4.71. The van der Waals surface area contributed by atoms with Crippen molar-refractivity contribution in [3.8, 4) is 17.0 Å². The fraction of sp³-hybridized carbons (Fsp3) is 0.389. The molecular weight excluding hydrogens is 306 g/mol. The number of aryl methyl sites for hydroxylation is 1. The Balaban J connectivity index is 1.94. The number of hydrogen-bond acceptors (Lipinski definition) is 4. The van der Waals surface area contributed by atoms with Gasteiger partial charge in [-0.2, -0.15) is 0 Å². The molecule has 0 spiro atoms. The van der Waals surface area contributed by atoms with Crippen LogP contribution in [0.5, 0.6) is 5.75 Å². The van der Waals surface area contributed by atoms with Crippen LogP contribution in [0.4, 0.5) is 0 Å². The van der Waals surface area contributed by atoms with Gasteiger partial charge in [0, 0.05) is 22.7 Å². The van der Waals surface area contributed by atoms with Gasteiger partial charge in [0.15, 0.2) is 4.96 Å². The molecule has 1 unspecified atom stereocenters. The summed E-state index contributed by atoms with van der Waals surface area (Å²) < 4.78 is 7.81. The first-order valence-electron chi connectivity index (χ1n) is 8.08. The number of nitrogens with zero attached hydrogens (tertiary/aromatic N) is 2. The van der Waals surface area contributed by atoms with E-state index in [1.807, 2.05) is 29.5 Å². The van der Waals surface area contributed by atoms with E-state index in [4.69, 9.17) is 15.5 Å². The number of rotatable bonds is 3. The Morgan fingerprint density at radius 3 is 3.00 bits per heavy atom. The lowest BCUT2D eigenvalue weighted by atomic mass is 9.93. The predicted octanol–water partition coefficient (Wildman–Crippen LogP) is 3.65. The molecule has 0 aliphatic heterocycles. The summed E-state index contributed by atoms with van der Waals surface area (Å²) in [6.07, 6.45) is 3.52. The van der Waals surface area contributed by atoms with Crippen molar-refractivity contribution in [1.29, 1.82) is 0 Å². The number of ether oxygens (including phenoxy) is 1. The molecule has 1 atom stereocenters. The summed E-state index contributed by atoms with van der Waals surface area (Å²) in [5.74, 6) is 1.61. The zero-order valence-electron chi connectivity index (χ0n) is 13.5. The summed E-state index contributed by atoms with van der Waals surface area (Å²) >= 11 is 1.82. The van der Waals surface area contributed by atoms with Crippen LogP contribution in [0.1, 0.15) is 29.6 Å². The third-order valence-corrected chi connectivity index (χ3v) is 5.82. The number of thiazole rings is 1. The zero-order chi connectivity index (χ0) is 16.0. The lowest BCUT2D eigenvalue weighted by molar-refractivity contribution is 0.416. The highest BCUT2D eigenvalue weighted by Gasteiger charge is 2.25. The van der Waals surface area contributed by atoms with Crippen LogP contribution in [0, 0.1) is 5.92 Å². The second kappa shape index (κ2) is 5.65. The second-order valence-corrected chi connectivity index (χ2v) is 7.31. The third kappa shape index (κ3) is 2.26. The van der Waals surface area contributed by atoms with Crippen LogP contribution >= 0.6 is 11.3 Å². The number of imidazole rings is 1. The molecular formula is C18H21N3OS. The normalized spacial score (nSPS) is 17.4. The molecule has 0 radical (unpaired) electrons. The fourth-order valence-electron chi connectivity index (χ4n) is 3.53. The Labute approximate surface area is 139 Å². The number of fused-ring (bicyclic) bond motifs is 3. The monoisotopic (exact) mass is 327 g/mol. The summed E-state index contributed by atoms with van der Waals surface area (Å²) in [4.78, 5) is 7.45. The molecule has 23 heavy (non-hydrogen) atoms. The van der Waals surface area contributed by atoms with Crippen LogP contribution in [0.2, 0.25) is 0 Å². The van der Waals surface area contributed by atoms with Gasteiger partial charge in [0.2, 0.25) is 0 Å². The largest absolute Gasteiger partial charge is 0.496 e. The number of benzene rings is 1. The molecule has 0 saturated carbocycles. The van der Waals surface area contributed by atoms with E-state index in [1.54, 1.807) is 7.11 Å². The van der Waals surface area contributed by atoms with E-state index in [9.17, 15) is 0 Å². The Morgan fingerprint density at radius 1 is 1.39 bits per heavy atom. The molecule has 0 bridgehead atoms. The number of hydrogen-bond donors (Lipinski definition) is 1. The molecule has 4 rings (SSSR count). The van der Waals surface area contributed by atoms with Crippen molar-refractivity contribution >= 4 is 16.3 Å². The van der Waals surface area contributed by atoms with Gasteiger partial charge in [0.05, 0.1) is 18.5 Å². The van der Waals surface area contributed by atoms with Crippen LogP contribution in [0.15, 0.2) is 24.3 Å². The molecule has 0 amide bonds. The molecule has 2 aromatic heterocycles.